The van der Waals surface area contributed by atoms with Crippen molar-refractivity contribution in [1.29, 1.82) is 5.26 Å². The first-order valence-corrected chi connectivity index (χ1v) is 7.90. The number of nitriles is 1. The first-order chi connectivity index (χ1) is 11.6. The van der Waals surface area contributed by atoms with E-state index < -0.39 is 18.1 Å². The highest BCUT2D eigenvalue weighted by Crippen LogP contribution is 2.45. The molecule has 6 heteroatoms. The first-order valence-electron chi connectivity index (χ1n) is 7.90. The number of Topliss-reactive ketones (excluding diaryl/α,β-unsaturated/α-hetero) is 1. The second-order valence-corrected chi connectivity index (χ2v) is 5.94. The number of carbonyl (C=O) groups is 1. The van der Waals surface area contributed by atoms with Crippen LogP contribution in [0.4, 0.5) is 0 Å². The molecule has 0 aromatic heterocycles. The van der Waals surface area contributed by atoms with E-state index in [1.807, 2.05) is 6.07 Å². The molecule has 1 aromatic rings. The minimum absolute atomic E-state index is 0.0307. The fourth-order valence-electron chi connectivity index (χ4n) is 3.48. The Hall–Kier alpha value is -2.52. The van der Waals surface area contributed by atoms with Crippen molar-refractivity contribution in [2.45, 2.75) is 31.4 Å². The van der Waals surface area contributed by atoms with Crippen LogP contribution < -0.4 is 15.2 Å². The van der Waals surface area contributed by atoms with Gasteiger partial charge in [-0.3, -0.25) is 10.5 Å². The maximum atomic E-state index is 12.5. The average molecular weight is 328 g/mol. The number of carbonyl (C=O) groups excluding carboxylic acids is 1. The zero-order chi connectivity index (χ0) is 17.3. The number of nitrogens with zero attached hydrogens (tertiary/aromatic N) is 1. The van der Waals surface area contributed by atoms with Crippen LogP contribution in [0.15, 0.2) is 29.5 Å². The molecule has 3 unspecified atom stereocenters. The molecule has 0 radical (unpaired) electrons. The van der Waals surface area contributed by atoms with Crippen molar-refractivity contribution in [2.75, 3.05) is 14.2 Å². The van der Waals surface area contributed by atoms with Gasteiger partial charge in [-0.1, -0.05) is 6.07 Å². The van der Waals surface area contributed by atoms with Crippen molar-refractivity contribution in [2.24, 2.45) is 11.7 Å². The molecule has 1 aromatic carbocycles. The van der Waals surface area contributed by atoms with E-state index in [9.17, 15) is 10.1 Å². The number of hydrogen-bond donors (Lipinski definition) is 1. The van der Waals surface area contributed by atoms with Crippen LogP contribution in [-0.4, -0.2) is 26.2 Å². The lowest BCUT2D eigenvalue weighted by Crippen LogP contribution is -2.42. The largest absolute Gasteiger partial charge is 0.493 e. The van der Waals surface area contributed by atoms with E-state index in [0.29, 0.717) is 35.7 Å². The van der Waals surface area contributed by atoms with E-state index in [0.717, 1.165) is 12.0 Å². The summed E-state index contributed by atoms with van der Waals surface area (Å²) in [6, 6.07) is 7.64. The summed E-state index contributed by atoms with van der Waals surface area (Å²) in [6.07, 6.45) is 1.15. The highest BCUT2D eigenvalue weighted by Gasteiger charge is 2.43. The Labute approximate surface area is 140 Å². The highest BCUT2D eigenvalue weighted by atomic mass is 16.5. The Balaban J connectivity index is 2.14. The Kier molecular flexibility index (Phi) is 4.45. The average Bonchev–Trinajstić information content (AvgIpc) is 2.60. The molecule has 1 aliphatic carbocycles. The summed E-state index contributed by atoms with van der Waals surface area (Å²) in [5.41, 5.74) is 7.44. The standard InChI is InChI=1S/C18H20N2O4/c1-22-13-7-6-10(8-15(13)23-2)16-11(9-19)18(20)24-14-5-3-4-12(21)17(14)16/h6-8,11,16,18H,3-5,20H2,1-2H3. The topological polar surface area (TPSA) is 94.6 Å². The van der Waals surface area contributed by atoms with Crippen LogP contribution in [0.5, 0.6) is 11.5 Å². The number of benzene rings is 1. The minimum Gasteiger partial charge on any atom is -0.493 e. The number of ether oxygens (including phenoxy) is 3. The molecule has 1 aliphatic heterocycles. The van der Waals surface area contributed by atoms with Crippen molar-refractivity contribution >= 4 is 5.78 Å². The molecule has 1 heterocycles. The number of rotatable bonds is 3. The van der Waals surface area contributed by atoms with Crippen molar-refractivity contribution in [3.05, 3.63) is 35.1 Å². The van der Waals surface area contributed by atoms with E-state index in [2.05, 4.69) is 6.07 Å². The maximum absolute atomic E-state index is 12.5. The van der Waals surface area contributed by atoms with Crippen molar-refractivity contribution < 1.29 is 19.0 Å². The lowest BCUT2D eigenvalue weighted by Gasteiger charge is -2.37. The number of allylic oxidation sites excluding steroid dienone is 2. The fraction of sp³-hybridized carbons (Fsp3) is 0.444. The molecule has 126 valence electrons. The molecule has 0 saturated heterocycles. The van der Waals surface area contributed by atoms with Gasteiger partial charge in [0.2, 0.25) is 0 Å². The molecule has 6 nitrogen and oxygen atoms in total. The van der Waals surface area contributed by atoms with Gasteiger partial charge in [-0.15, -0.1) is 0 Å². The van der Waals surface area contributed by atoms with Gasteiger partial charge in [0.05, 0.1) is 20.3 Å². The predicted molar refractivity (Wildman–Crippen MR) is 86.3 cm³/mol. The van der Waals surface area contributed by atoms with E-state index in [1.54, 1.807) is 26.4 Å². The van der Waals surface area contributed by atoms with E-state index in [4.69, 9.17) is 19.9 Å². The summed E-state index contributed by atoms with van der Waals surface area (Å²) >= 11 is 0. The van der Waals surface area contributed by atoms with Crippen molar-refractivity contribution in [1.82, 2.24) is 0 Å². The predicted octanol–water partition coefficient (Wildman–Crippen LogP) is 2.25. The quantitative estimate of drug-likeness (QED) is 0.914. The molecule has 0 fully saturated rings. The fourth-order valence-corrected chi connectivity index (χ4v) is 3.48. The van der Waals surface area contributed by atoms with E-state index in [1.165, 1.54) is 0 Å². The number of nitrogens with two attached hydrogens (primary N) is 1. The van der Waals surface area contributed by atoms with Gasteiger partial charge in [-0.05, 0) is 24.1 Å². The highest BCUT2D eigenvalue weighted by molar-refractivity contribution is 5.98. The third-order valence-electron chi connectivity index (χ3n) is 4.63. The SMILES string of the molecule is COc1ccc(C2C3=C(CCCC3=O)OC(N)C2C#N)cc1OC. The lowest BCUT2D eigenvalue weighted by molar-refractivity contribution is -0.117. The first kappa shape index (κ1) is 16.3. The summed E-state index contributed by atoms with van der Waals surface area (Å²) in [7, 11) is 3.11. The monoisotopic (exact) mass is 328 g/mol. The summed E-state index contributed by atoms with van der Waals surface area (Å²) in [5.74, 6) is 0.755. The van der Waals surface area contributed by atoms with Gasteiger partial charge in [0.15, 0.2) is 23.5 Å². The Morgan fingerprint density at radius 3 is 2.67 bits per heavy atom. The van der Waals surface area contributed by atoms with Crippen LogP contribution >= 0.6 is 0 Å². The second-order valence-electron chi connectivity index (χ2n) is 5.94. The molecule has 3 atom stereocenters. The van der Waals surface area contributed by atoms with Gasteiger partial charge < -0.3 is 14.2 Å². The van der Waals surface area contributed by atoms with Crippen LogP contribution in [0, 0.1) is 17.2 Å². The number of ketones is 1. The van der Waals surface area contributed by atoms with Crippen molar-refractivity contribution in [3.63, 3.8) is 0 Å². The van der Waals surface area contributed by atoms with Crippen LogP contribution in [0.3, 0.4) is 0 Å². The molecule has 2 N–H and O–H groups in total. The number of methoxy groups -OCH3 is 2. The lowest BCUT2D eigenvalue weighted by atomic mass is 9.73. The molecule has 0 bridgehead atoms. The van der Waals surface area contributed by atoms with Gasteiger partial charge in [0, 0.05) is 24.3 Å². The summed E-state index contributed by atoms with van der Waals surface area (Å²) in [6.45, 7) is 0. The van der Waals surface area contributed by atoms with Crippen LogP contribution in [0.1, 0.15) is 30.7 Å². The summed E-state index contributed by atoms with van der Waals surface area (Å²) in [4.78, 5) is 12.5. The second kappa shape index (κ2) is 6.54. The molecule has 0 saturated carbocycles. The van der Waals surface area contributed by atoms with Crippen LogP contribution in [0.2, 0.25) is 0 Å². The van der Waals surface area contributed by atoms with E-state index in [-0.39, 0.29) is 5.78 Å². The van der Waals surface area contributed by atoms with Crippen LogP contribution in [0.25, 0.3) is 0 Å². The molecule has 24 heavy (non-hydrogen) atoms. The molecule has 3 rings (SSSR count). The summed E-state index contributed by atoms with van der Waals surface area (Å²) in [5, 5.41) is 9.60. The van der Waals surface area contributed by atoms with Crippen molar-refractivity contribution in [3.8, 4) is 17.6 Å². The zero-order valence-electron chi connectivity index (χ0n) is 13.7. The molecule has 0 spiro atoms. The third-order valence-corrected chi connectivity index (χ3v) is 4.63. The van der Waals surface area contributed by atoms with Gasteiger partial charge in [-0.25, -0.2) is 0 Å². The van der Waals surface area contributed by atoms with Gasteiger partial charge in [-0.2, -0.15) is 5.26 Å². The molecule has 2 aliphatic rings. The third kappa shape index (κ3) is 2.61. The van der Waals surface area contributed by atoms with Gasteiger partial charge >= 0.3 is 0 Å². The number of hydrogen-bond acceptors (Lipinski definition) is 6. The van der Waals surface area contributed by atoms with E-state index >= 15 is 0 Å². The Morgan fingerprint density at radius 2 is 2.00 bits per heavy atom. The smallest absolute Gasteiger partial charge is 0.164 e. The normalized spacial score (nSPS) is 26.2. The van der Waals surface area contributed by atoms with Gasteiger partial charge in [0.1, 0.15) is 11.7 Å². The van der Waals surface area contributed by atoms with Gasteiger partial charge in [0.25, 0.3) is 0 Å². The summed E-state index contributed by atoms with van der Waals surface area (Å²) < 4.78 is 16.3. The molecular weight excluding hydrogens is 308 g/mol. The Morgan fingerprint density at radius 1 is 1.25 bits per heavy atom. The minimum atomic E-state index is -0.752. The Bertz CT molecular complexity index is 735. The molecular formula is C18H20N2O4. The zero-order valence-corrected chi connectivity index (χ0v) is 13.7. The maximum Gasteiger partial charge on any atom is 0.164 e. The van der Waals surface area contributed by atoms with Crippen LogP contribution in [-0.2, 0) is 9.53 Å². The molecule has 0 amide bonds.